The van der Waals surface area contributed by atoms with Crippen molar-refractivity contribution < 1.29 is 0 Å². The zero-order chi connectivity index (χ0) is 13.1. The van der Waals surface area contributed by atoms with E-state index in [2.05, 4.69) is 36.7 Å². The number of aromatic nitrogens is 4. The Bertz CT molecular complexity index is 530. The van der Waals surface area contributed by atoms with Gasteiger partial charge in [-0.3, -0.25) is 4.57 Å². The highest BCUT2D eigenvalue weighted by Crippen LogP contribution is 2.34. The van der Waals surface area contributed by atoms with Gasteiger partial charge in [-0.15, -0.1) is 10.2 Å². The average Bonchev–Trinajstić information content (AvgIpc) is 2.92. The first-order valence-corrected chi connectivity index (χ1v) is 6.81. The van der Waals surface area contributed by atoms with Gasteiger partial charge in [-0.05, 0) is 32.3 Å². The van der Waals surface area contributed by atoms with Crippen molar-refractivity contribution in [1.29, 1.82) is 0 Å². The molecule has 18 heavy (non-hydrogen) atoms. The number of anilines is 2. The molecule has 0 aliphatic rings. The summed E-state index contributed by atoms with van der Waals surface area (Å²) in [5.74, 6) is 1.67. The lowest BCUT2D eigenvalue weighted by molar-refractivity contribution is 0.770. The Morgan fingerprint density at radius 2 is 2.06 bits per heavy atom. The van der Waals surface area contributed by atoms with Gasteiger partial charge in [0.2, 0.25) is 5.95 Å². The Morgan fingerprint density at radius 1 is 1.28 bits per heavy atom. The van der Waals surface area contributed by atoms with Gasteiger partial charge in [0.25, 0.3) is 0 Å². The van der Waals surface area contributed by atoms with E-state index in [9.17, 15) is 0 Å². The molecular weight excluding hydrogens is 248 g/mol. The SMILES string of the molecule is CCNc1nnc(-c2c(C)nsc2NC)n1CC. The molecule has 0 saturated heterocycles. The summed E-state index contributed by atoms with van der Waals surface area (Å²) in [6.45, 7) is 7.78. The predicted molar refractivity (Wildman–Crippen MR) is 75.3 cm³/mol. The van der Waals surface area contributed by atoms with Gasteiger partial charge in [0, 0.05) is 20.1 Å². The summed E-state index contributed by atoms with van der Waals surface area (Å²) in [4.78, 5) is 0. The Morgan fingerprint density at radius 3 is 2.67 bits per heavy atom. The summed E-state index contributed by atoms with van der Waals surface area (Å²) in [6.07, 6.45) is 0. The van der Waals surface area contributed by atoms with Gasteiger partial charge >= 0.3 is 0 Å². The highest BCUT2D eigenvalue weighted by atomic mass is 32.1. The van der Waals surface area contributed by atoms with Crippen molar-refractivity contribution in [3.8, 4) is 11.4 Å². The van der Waals surface area contributed by atoms with E-state index >= 15 is 0 Å². The van der Waals surface area contributed by atoms with E-state index in [1.165, 1.54) is 11.5 Å². The van der Waals surface area contributed by atoms with Crippen LogP contribution in [0.1, 0.15) is 19.5 Å². The van der Waals surface area contributed by atoms with Gasteiger partial charge < -0.3 is 10.6 Å². The van der Waals surface area contributed by atoms with Crippen LogP contribution in [0.15, 0.2) is 0 Å². The molecule has 0 amide bonds. The zero-order valence-electron chi connectivity index (χ0n) is 11.1. The molecule has 0 aliphatic carbocycles. The first kappa shape index (κ1) is 12.8. The fourth-order valence-electron chi connectivity index (χ4n) is 1.88. The molecule has 98 valence electrons. The third-order valence-electron chi connectivity index (χ3n) is 2.72. The first-order chi connectivity index (χ1) is 8.72. The second kappa shape index (κ2) is 5.34. The molecule has 2 heterocycles. The molecule has 6 nitrogen and oxygen atoms in total. The molecule has 7 heteroatoms. The fourth-order valence-corrected chi connectivity index (χ4v) is 2.62. The van der Waals surface area contributed by atoms with E-state index in [-0.39, 0.29) is 0 Å². The van der Waals surface area contributed by atoms with E-state index in [0.29, 0.717) is 0 Å². The van der Waals surface area contributed by atoms with E-state index in [0.717, 1.165) is 41.1 Å². The van der Waals surface area contributed by atoms with Crippen LogP contribution in [-0.2, 0) is 6.54 Å². The number of nitrogens with zero attached hydrogens (tertiary/aromatic N) is 4. The minimum atomic E-state index is 0.808. The summed E-state index contributed by atoms with van der Waals surface area (Å²) in [6, 6.07) is 0. The smallest absolute Gasteiger partial charge is 0.224 e. The van der Waals surface area contributed by atoms with Crippen LogP contribution in [0.25, 0.3) is 11.4 Å². The van der Waals surface area contributed by atoms with Crippen LogP contribution in [0.4, 0.5) is 10.9 Å². The van der Waals surface area contributed by atoms with Gasteiger partial charge in [0.05, 0.1) is 11.3 Å². The van der Waals surface area contributed by atoms with Crippen LogP contribution in [0.5, 0.6) is 0 Å². The van der Waals surface area contributed by atoms with Gasteiger partial charge in [-0.1, -0.05) is 0 Å². The second-order valence-corrected chi connectivity index (χ2v) is 4.62. The molecule has 0 aliphatic heterocycles. The van der Waals surface area contributed by atoms with Crippen LogP contribution >= 0.6 is 11.5 Å². The number of nitrogens with one attached hydrogen (secondary N) is 2. The fraction of sp³-hybridized carbons (Fsp3) is 0.545. The van der Waals surface area contributed by atoms with Crippen molar-refractivity contribution in [3.05, 3.63) is 5.69 Å². The number of hydrogen-bond acceptors (Lipinski definition) is 6. The molecule has 0 spiro atoms. The van der Waals surface area contributed by atoms with E-state index in [1.807, 2.05) is 20.9 Å². The lowest BCUT2D eigenvalue weighted by atomic mass is 10.2. The number of aryl methyl sites for hydroxylation is 1. The Kier molecular flexibility index (Phi) is 3.81. The molecule has 0 atom stereocenters. The average molecular weight is 266 g/mol. The van der Waals surface area contributed by atoms with Crippen LogP contribution in [0, 0.1) is 6.92 Å². The van der Waals surface area contributed by atoms with E-state index in [4.69, 9.17) is 0 Å². The Hall–Kier alpha value is -1.63. The maximum atomic E-state index is 4.37. The molecule has 0 radical (unpaired) electrons. The number of rotatable bonds is 5. The van der Waals surface area contributed by atoms with Crippen molar-refractivity contribution in [3.63, 3.8) is 0 Å². The maximum Gasteiger partial charge on any atom is 0.224 e. The molecule has 0 bridgehead atoms. The Labute approximate surface area is 111 Å². The molecule has 0 unspecified atom stereocenters. The van der Waals surface area contributed by atoms with Gasteiger partial charge in [0.1, 0.15) is 5.00 Å². The third-order valence-corrected chi connectivity index (χ3v) is 3.67. The molecule has 2 N–H and O–H groups in total. The topological polar surface area (TPSA) is 67.7 Å². The highest BCUT2D eigenvalue weighted by Gasteiger charge is 2.19. The van der Waals surface area contributed by atoms with Gasteiger partial charge in [-0.2, -0.15) is 4.37 Å². The normalized spacial score (nSPS) is 10.7. The molecule has 2 aromatic heterocycles. The monoisotopic (exact) mass is 266 g/mol. The summed E-state index contributed by atoms with van der Waals surface area (Å²) in [5, 5.41) is 15.9. The van der Waals surface area contributed by atoms with E-state index in [1.54, 1.807) is 0 Å². The van der Waals surface area contributed by atoms with Crippen LogP contribution in [0.3, 0.4) is 0 Å². The maximum absolute atomic E-state index is 4.37. The quantitative estimate of drug-likeness (QED) is 0.868. The molecule has 0 saturated carbocycles. The second-order valence-electron chi connectivity index (χ2n) is 3.84. The van der Waals surface area contributed by atoms with E-state index < -0.39 is 0 Å². The molecule has 2 rings (SSSR count). The summed E-state index contributed by atoms with van der Waals surface area (Å²) < 4.78 is 6.44. The zero-order valence-corrected chi connectivity index (χ0v) is 11.9. The summed E-state index contributed by atoms with van der Waals surface area (Å²) in [7, 11) is 1.90. The minimum Gasteiger partial charge on any atom is -0.378 e. The largest absolute Gasteiger partial charge is 0.378 e. The van der Waals surface area contributed by atoms with Crippen LogP contribution in [-0.4, -0.2) is 32.7 Å². The highest BCUT2D eigenvalue weighted by molar-refractivity contribution is 7.10. The van der Waals surface area contributed by atoms with Gasteiger partial charge in [-0.25, -0.2) is 0 Å². The van der Waals surface area contributed by atoms with Crippen molar-refractivity contribution in [2.45, 2.75) is 27.3 Å². The lowest BCUT2D eigenvalue weighted by Gasteiger charge is -2.08. The van der Waals surface area contributed by atoms with Crippen molar-refractivity contribution in [2.24, 2.45) is 0 Å². The van der Waals surface area contributed by atoms with Gasteiger partial charge in [0.15, 0.2) is 5.82 Å². The summed E-state index contributed by atoms with van der Waals surface area (Å²) >= 11 is 1.45. The molecule has 2 aromatic rings. The minimum absolute atomic E-state index is 0.808. The lowest BCUT2D eigenvalue weighted by Crippen LogP contribution is -2.07. The number of hydrogen-bond donors (Lipinski definition) is 2. The van der Waals surface area contributed by atoms with Crippen molar-refractivity contribution >= 4 is 22.5 Å². The molecule has 0 fully saturated rings. The standard InChI is InChI=1S/C11H18N6S/c1-5-13-11-15-14-9(17(11)6-2)8-7(3)16-18-10(8)12-4/h12H,5-6H2,1-4H3,(H,13,15). The molecular formula is C11H18N6S. The first-order valence-electron chi connectivity index (χ1n) is 6.04. The summed E-state index contributed by atoms with van der Waals surface area (Å²) in [5.41, 5.74) is 2.02. The van der Waals surface area contributed by atoms with Crippen LogP contribution < -0.4 is 10.6 Å². The Balaban J connectivity index is 2.53. The molecule has 0 aromatic carbocycles. The predicted octanol–water partition coefficient (Wildman–Crippen LogP) is 2.20. The van der Waals surface area contributed by atoms with Crippen molar-refractivity contribution in [1.82, 2.24) is 19.1 Å². The third kappa shape index (κ3) is 2.05. The van der Waals surface area contributed by atoms with Crippen molar-refractivity contribution in [2.75, 3.05) is 24.2 Å². The van der Waals surface area contributed by atoms with Crippen LogP contribution in [0.2, 0.25) is 0 Å².